The minimum Gasteiger partial charge on any atom is -0.244 e. The Labute approximate surface area is 80.6 Å². The van der Waals surface area contributed by atoms with Gasteiger partial charge in [-0.2, -0.15) is 17.0 Å². The molecule has 12 heavy (non-hydrogen) atoms. The lowest BCUT2D eigenvalue weighted by atomic mass is 10.4. The first-order chi connectivity index (χ1) is 5.77. The minimum absolute atomic E-state index is 0.752. The van der Waals surface area contributed by atoms with Crippen LogP contribution in [0.1, 0.15) is 22.5 Å². The van der Waals surface area contributed by atoms with E-state index in [0.29, 0.717) is 0 Å². The Bertz CT molecular complexity index is 298. The first kappa shape index (κ1) is 9.56. The van der Waals surface area contributed by atoms with Crippen molar-refractivity contribution in [2.45, 2.75) is 19.6 Å². The molecule has 0 aliphatic carbocycles. The first-order valence-corrected chi connectivity index (χ1v) is 5.69. The van der Waals surface area contributed by atoms with Crippen molar-refractivity contribution in [3.8, 4) is 6.07 Å². The molecule has 0 N–H and O–H groups in total. The van der Waals surface area contributed by atoms with Crippen LogP contribution >= 0.6 is 23.1 Å². The largest absolute Gasteiger partial charge is 0.244 e. The zero-order valence-corrected chi connectivity index (χ0v) is 8.76. The van der Waals surface area contributed by atoms with E-state index in [1.54, 1.807) is 0 Å². The lowest BCUT2D eigenvalue weighted by Gasteiger charge is -1.90. The van der Waals surface area contributed by atoms with Gasteiger partial charge in [0.2, 0.25) is 0 Å². The summed E-state index contributed by atoms with van der Waals surface area (Å²) in [5.41, 5.74) is 0.870. The molecule has 0 amide bonds. The van der Waals surface area contributed by atoms with Gasteiger partial charge in [-0.3, -0.25) is 0 Å². The highest BCUT2D eigenvalue weighted by molar-refractivity contribution is 7.98. The fourth-order valence-electron chi connectivity index (χ4n) is 0.807. The van der Waals surface area contributed by atoms with Gasteiger partial charge in [-0.25, -0.2) is 4.98 Å². The SMILES string of the molecule is CCSCc1nc(C)c(C#N)s1. The molecule has 0 unspecified atom stereocenters. The molecular weight excluding hydrogens is 188 g/mol. The zero-order chi connectivity index (χ0) is 8.97. The Morgan fingerprint density at radius 3 is 2.92 bits per heavy atom. The number of aryl methyl sites for hydroxylation is 1. The van der Waals surface area contributed by atoms with Crippen molar-refractivity contribution in [3.63, 3.8) is 0 Å². The van der Waals surface area contributed by atoms with Crippen LogP contribution in [0.3, 0.4) is 0 Å². The quantitative estimate of drug-likeness (QED) is 0.749. The van der Waals surface area contributed by atoms with Gasteiger partial charge < -0.3 is 0 Å². The predicted molar refractivity (Wildman–Crippen MR) is 53.4 cm³/mol. The van der Waals surface area contributed by atoms with Gasteiger partial charge in [0.1, 0.15) is 16.0 Å². The Kier molecular flexibility index (Phi) is 3.57. The van der Waals surface area contributed by atoms with E-state index in [2.05, 4.69) is 18.0 Å². The fourth-order valence-corrected chi connectivity index (χ4v) is 2.39. The molecule has 64 valence electrons. The second kappa shape index (κ2) is 4.48. The molecule has 0 aliphatic rings. The van der Waals surface area contributed by atoms with Gasteiger partial charge in [0.05, 0.1) is 5.69 Å². The Morgan fingerprint density at radius 2 is 2.42 bits per heavy atom. The normalized spacial score (nSPS) is 9.75. The van der Waals surface area contributed by atoms with Crippen molar-refractivity contribution >= 4 is 23.1 Å². The minimum atomic E-state index is 0.752. The van der Waals surface area contributed by atoms with E-state index >= 15 is 0 Å². The second-order valence-corrected chi connectivity index (χ2v) is 4.63. The third-order valence-corrected chi connectivity index (χ3v) is 3.50. The maximum Gasteiger partial charge on any atom is 0.127 e. The standard InChI is InChI=1S/C8H10N2S2/c1-3-11-5-8-10-6(2)7(4-9)12-8/h3,5H2,1-2H3. The van der Waals surface area contributed by atoms with Gasteiger partial charge >= 0.3 is 0 Å². The molecule has 0 saturated heterocycles. The summed E-state index contributed by atoms with van der Waals surface area (Å²) in [6.45, 7) is 4.01. The third-order valence-electron chi connectivity index (χ3n) is 1.37. The number of hydrogen-bond donors (Lipinski definition) is 0. The lowest BCUT2D eigenvalue weighted by Crippen LogP contribution is -1.79. The maximum atomic E-state index is 8.67. The molecule has 1 aromatic rings. The van der Waals surface area contributed by atoms with Crippen LogP contribution in [0.25, 0.3) is 0 Å². The van der Waals surface area contributed by atoms with E-state index in [-0.39, 0.29) is 0 Å². The van der Waals surface area contributed by atoms with Crippen LogP contribution in [0.4, 0.5) is 0 Å². The van der Waals surface area contributed by atoms with E-state index < -0.39 is 0 Å². The molecular formula is C8H10N2S2. The van der Waals surface area contributed by atoms with Crippen molar-refractivity contribution < 1.29 is 0 Å². The van der Waals surface area contributed by atoms with Crippen LogP contribution < -0.4 is 0 Å². The first-order valence-electron chi connectivity index (χ1n) is 3.72. The van der Waals surface area contributed by atoms with Gasteiger partial charge in [-0.1, -0.05) is 6.92 Å². The summed E-state index contributed by atoms with van der Waals surface area (Å²) in [5.74, 6) is 2.03. The lowest BCUT2D eigenvalue weighted by molar-refractivity contribution is 1.18. The van der Waals surface area contributed by atoms with Crippen LogP contribution in [-0.2, 0) is 5.75 Å². The van der Waals surface area contributed by atoms with Gasteiger partial charge in [0, 0.05) is 5.75 Å². The number of thiazole rings is 1. The smallest absolute Gasteiger partial charge is 0.127 e. The fraction of sp³-hybridized carbons (Fsp3) is 0.500. The molecule has 0 bridgehead atoms. The van der Waals surface area contributed by atoms with Crippen molar-refractivity contribution in [1.82, 2.24) is 4.98 Å². The molecule has 1 heterocycles. The van der Waals surface area contributed by atoms with Gasteiger partial charge in [0.25, 0.3) is 0 Å². The molecule has 0 aromatic carbocycles. The number of thioether (sulfide) groups is 1. The van der Waals surface area contributed by atoms with Crippen molar-refractivity contribution in [1.29, 1.82) is 5.26 Å². The van der Waals surface area contributed by atoms with Crippen LogP contribution in [0.2, 0.25) is 0 Å². The third kappa shape index (κ3) is 2.23. The molecule has 0 atom stereocenters. The van der Waals surface area contributed by atoms with Crippen molar-refractivity contribution in [2.75, 3.05) is 5.75 Å². The Hall–Kier alpha value is -0.530. The maximum absolute atomic E-state index is 8.67. The van der Waals surface area contributed by atoms with E-state index in [1.165, 1.54) is 11.3 Å². The Morgan fingerprint density at radius 1 is 1.67 bits per heavy atom. The summed E-state index contributed by atoms with van der Waals surface area (Å²) in [5, 5.41) is 9.74. The molecule has 4 heteroatoms. The van der Waals surface area contributed by atoms with E-state index in [0.717, 1.165) is 27.1 Å². The topological polar surface area (TPSA) is 36.7 Å². The zero-order valence-electron chi connectivity index (χ0n) is 7.13. The molecule has 1 rings (SSSR count). The summed E-state index contributed by atoms with van der Waals surface area (Å²) in [7, 11) is 0. The number of aromatic nitrogens is 1. The summed E-state index contributed by atoms with van der Waals surface area (Å²) in [6.07, 6.45) is 0. The summed E-state index contributed by atoms with van der Waals surface area (Å²) in [4.78, 5) is 5.05. The molecule has 0 spiro atoms. The van der Waals surface area contributed by atoms with Crippen LogP contribution in [0, 0.1) is 18.3 Å². The number of nitriles is 1. The summed E-state index contributed by atoms with van der Waals surface area (Å²) < 4.78 is 0. The summed E-state index contributed by atoms with van der Waals surface area (Å²) >= 11 is 3.34. The van der Waals surface area contributed by atoms with Gasteiger partial charge in [0.15, 0.2) is 0 Å². The molecule has 1 aromatic heterocycles. The van der Waals surface area contributed by atoms with E-state index in [1.807, 2.05) is 18.7 Å². The molecule has 0 fully saturated rings. The van der Waals surface area contributed by atoms with Gasteiger partial charge in [-0.15, -0.1) is 11.3 Å². The average Bonchev–Trinajstić information content (AvgIpc) is 2.43. The molecule has 0 radical (unpaired) electrons. The highest BCUT2D eigenvalue weighted by Crippen LogP contribution is 2.20. The van der Waals surface area contributed by atoms with Gasteiger partial charge in [-0.05, 0) is 12.7 Å². The van der Waals surface area contributed by atoms with Crippen LogP contribution in [0.15, 0.2) is 0 Å². The van der Waals surface area contributed by atoms with Crippen molar-refractivity contribution in [3.05, 3.63) is 15.6 Å². The highest BCUT2D eigenvalue weighted by Gasteiger charge is 2.05. The summed E-state index contributed by atoms with van der Waals surface area (Å²) in [6, 6.07) is 2.14. The Balaban J connectivity index is 2.70. The van der Waals surface area contributed by atoms with E-state index in [4.69, 9.17) is 5.26 Å². The number of rotatable bonds is 3. The van der Waals surface area contributed by atoms with Crippen LogP contribution in [-0.4, -0.2) is 10.7 Å². The number of nitrogens with zero attached hydrogens (tertiary/aromatic N) is 2. The molecule has 2 nitrogen and oxygen atoms in total. The average molecular weight is 198 g/mol. The van der Waals surface area contributed by atoms with E-state index in [9.17, 15) is 0 Å². The predicted octanol–water partition coefficient (Wildman–Crippen LogP) is 2.58. The molecule has 0 saturated carbocycles. The monoisotopic (exact) mass is 198 g/mol. The number of hydrogen-bond acceptors (Lipinski definition) is 4. The second-order valence-electron chi connectivity index (χ2n) is 2.27. The van der Waals surface area contributed by atoms with Crippen molar-refractivity contribution in [2.24, 2.45) is 0 Å². The highest BCUT2D eigenvalue weighted by atomic mass is 32.2. The van der Waals surface area contributed by atoms with Crippen LogP contribution in [0.5, 0.6) is 0 Å². The molecule has 0 aliphatic heterocycles.